The van der Waals surface area contributed by atoms with Gasteiger partial charge >= 0.3 is 0 Å². The average Bonchev–Trinajstić information content (AvgIpc) is 2.71. The van der Waals surface area contributed by atoms with Crippen molar-refractivity contribution in [2.75, 3.05) is 18.8 Å². The first-order valence-corrected chi connectivity index (χ1v) is 6.41. The Labute approximate surface area is 102 Å². The first-order chi connectivity index (χ1) is 8.31. The molecule has 1 saturated heterocycles. The summed E-state index contributed by atoms with van der Waals surface area (Å²) in [6.45, 7) is 3.50. The number of nitrogen functional groups attached to an aromatic ring is 1. The number of hydrogen-bond acceptors (Lipinski definition) is 2. The normalized spacial score (nSPS) is 17.6. The maximum absolute atomic E-state index is 5.79. The third kappa shape index (κ3) is 2.29. The van der Waals surface area contributed by atoms with Gasteiger partial charge in [-0.15, -0.1) is 0 Å². The molecule has 0 radical (unpaired) electrons. The fourth-order valence-electron chi connectivity index (χ4n) is 2.65. The van der Waals surface area contributed by atoms with E-state index in [1.807, 2.05) is 12.1 Å². The van der Waals surface area contributed by atoms with Crippen LogP contribution in [0.25, 0.3) is 10.9 Å². The Morgan fingerprint density at radius 2 is 1.94 bits per heavy atom. The van der Waals surface area contributed by atoms with Crippen LogP contribution in [0.15, 0.2) is 24.3 Å². The van der Waals surface area contributed by atoms with Gasteiger partial charge in [-0.3, -0.25) is 4.90 Å². The number of anilines is 1. The Balaban J connectivity index is 1.80. The fraction of sp³-hybridized carbons (Fsp3) is 0.429. The number of benzene rings is 1. The van der Waals surface area contributed by atoms with E-state index in [1.54, 1.807) is 0 Å². The molecule has 1 aliphatic heterocycles. The summed E-state index contributed by atoms with van der Waals surface area (Å²) in [4.78, 5) is 5.99. The van der Waals surface area contributed by atoms with Gasteiger partial charge in [0.05, 0.1) is 0 Å². The van der Waals surface area contributed by atoms with Crippen LogP contribution in [0.1, 0.15) is 25.0 Å². The van der Waals surface area contributed by atoms with Crippen LogP contribution < -0.4 is 5.73 Å². The quantitative estimate of drug-likeness (QED) is 0.778. The van der Waals surface area contributed by atoms with E-state index in [9.17, 15) is 0 Å². The topological polar surface area (TPSA) is 45.0 Å². The molecule has 0 bridgehead atoms. The van der Waals surface area contributed by atoms with Crippen LogP contribution in [-0.4, -0.2) is 23.0 Å². The van der Waals surface area contributed by atoms with Gasteiger partial charge in [0.25, 0.3) is 0 Å². The Morgan fingerprint density at radius 3 is 2.76 bits per heavy atom. The van der Waals surface area contributed by atoms with Crippen LogP contribution in [0.5, 0.6) is 0 Å². The highest BCUT2D eigenvalue weighted by Gasteiger charge is 2.11. The first kappa shape index (κ1) is 10.7. The molecule has 3 N–H and O–H groups in total. The van der Waals surface area contributed by atoms with Gasteiger partial charge in [-0.1, -0.05) is 12.5 Å². The maximum atomic E-state index is 5.79. The zero-order chi connectivity index (χ0) is 11.7. The molecule has 90 valence electrons. The molecule has 3 rings (SSSR count). The number of nitrogens with two attached hydrogens (primary N) is 1. The molecule has 2 aromatic rings. The summed E-state index contributed by atoms with van der Waals surface area (Å²) in [6, 6.07) is 8.29. The number of hydrogen-bond donors (Lipinski definition) is 2. The molecular weight excluding hydrogens is 210 g/mol. The summed E-state index contributed by atoms with van der Waals surface area (Å²) < 4.78 is 0. The molecule has 1 aromatic carbocycles. The third-order valence-corrected chi connectivity index (χ3v) is 3.54. The molecule has 2 heterocycles. The molecule has 0 aliphatic carbocycles. The molecule has 0 spiro atoms. The number of rotatable bonds is 2. The first-order valence-electron chi connectivity index (χ1n) is 6.41. The van der Waals surface area contributed by atoms with Crippen molar-refractivity contribution in [3.05, 3.63) is 30.0 Å². The number of likely N-dealkylation sites (tertiary alicyclic amines) is 1. The lowest BCUT2D eigenvalue weighted by Crippen LogP contribution is -2.29. The lowest BCUT2D eigenvalue weighted by Gasteiger charge is -2.25. The van der Waals surface area contributed by atoms with Gasteiger partial charge in [0.2, 0.25) is 0 Å². The van der Waals surface area contributed by atoms with E-state index < -0.39 is 0 Å². The molecular formula is C14H19N3. The molecule has 0 amide bonds. The number of fused-ring (bicyclic) bond motifs is 1. The Hall–Kier alpha value is -1.48. The van der Waals surface area contributed by atoms with E-state index in [0.717, 1.165) is 17.7 Å². The minimum atomic E-state index is 0.823. The van der Waals surface area contributed by atoms with Crippen molar-refractivity contribution in [1.29, 1.82) is 0 Å². The van der Waals surface area contributed by atoms with E-state index in [1.165, 1.54) is 43.4 Å². The number of nitrogens with one attached hydrogen (secondary N) is 1. The second-order valence-corrected chi connectivity index (χ2v) is 4.98. The molecule has 1 aromatic heterocycles. The minimum absolute atomic E-state index is 0.823. The van der Waals surface area contributed by atoms with Crippen LogP contribution in [0, 0.1) is 0 Å². The van der Waals surface area contributed by atoms with Gasteiger partial charge < -0.3 is 10.7 Å². The summed E-state index contributed by atoms with van der Waals surface area (Å²) in [5.41, 5.74) is 9.06. The smallest absolute Gasteiger partial charge is 0.0477 e. The highest BCUT2D eigenvalue weighted by molar-refractivity contribution is 5.83. The molecule has 0 unspecified atom stereocenters. The predicted molar refractivity (Wildman–Crippen MR) is 71.8 cm³/mol. The van der Waals surface area contributed by atoms with E-state index in [2.05, 4.69) is 22.0 Å². The number of H-pyrrole nitrogens is 1. The fourth-order valence-corrected chi connectivity index (χ4v) is 2.65. The molecule has 3 nitrogen and oxygen atoms in total. The highest BCUT2D eigenvalue weighted by atomic mass is 15.1. The van der Waals surface area contributed by atoms with E-state index in [4.69, 9.17) is 5.73 Å². The molecule has 3 heteroatoms. The summed E-state index contributed by atoms with van der Waals surface area (Å²) in [6.07, 6.45) is 4.07. The van der Waals surface area contributed by atoms with Gasteiger partial charge in [0.1, 0.15) is 0 Å². The van der Waals surface area contributed by atoms with Crippen molar-refractivity contribution in [2.24, 2.45) is 0 Å². The summed E-state index contributed by atoms with van der Waals surface area (Å²) in [7, 11) is 0. The Kier molecular flexibility index (Phi) is 2.77. The van der Waals surface area contributed by atoms with E-state index in [0.29, 0.717) is 0 Å². The lowest BCUT2D eigenvalue weighted by molar-refractivity contribution is 0.219. The van der Waals surface area contributed by atoms with Crippen molar-refractivity contribution in [3.63, 3.8) is 0 Å². The number of nitrogens with zero attached hydrogens (tertiary/aromatic N) is 1. The monoisotopic (exact) mass is 229 g/mol. The van der Waals surface area contributed by atoms with Crippen LogP contribution >= 0.6 is 0 Å². The highest BCUT2D eigenvalue weighted by Crippen LogP contribution is 2.20. The van der Waals surface area contributed by atoms with Crippen molar-refractivity contribution in [2.45, 2.75) is 25.8 Å². The second kappa shape index (κ2) is 4.41. The summed E-state index contributed by atoms with van der Waals surface area (Å²) in [5, 5.41) is 1.26. The van der Waals surface area contributed by atoms with E-state index >= 15 is 0 Å². The molecule has 17 heavy (non-hydrogen) atoms. The van der Waals surface area contributed by atoms with Crippen molar-refractivity contribution >= 4 is 16.6 Å². The zero-order valence-electron chi connectivity index (χ0n) is 10.1. The van der Waals surface area contributed by atoms with Gasteiger partial charge in [0, 0.05) is 23.4 Å². The summed E-state index contributed by atoms with van der Waals surface area (Å²) >= 11 is 0. The standard InChI is InChI=1S/C14H19N3/c15-12-5-4-11-8-13(16-14(11)9-12)10-17-6-2-1-3-7-17/h4-5,8-9,16H,1-3,6-7,10,15H2. The molecule has 0 atom stereocenters. The maximum Gasteiger partial charge on any atom is 0.0477 e. The van der Waals surface area contributed by atoms with Crippen LogP contribution in [0.2, 0.25) is 0 Å². The van der Waals surface area contributed by atoms with Crippen LogP contribution in [-0.2, 0) is 6.54 Å². The van der Waals surface area contributed by atoms with Crippen LogP contribution in [0.3, 0.4) is 0 Å². The predicted octanol–water partition coefficient (Wildman–Crippen LogP) is 2.74. The number of aromatic amines is 1. The Morgan fingerprint density at radius 1 is 1.12 bits per heavy atom. The lowest BCUT2D eigenvalue weighted by atomic mass is 10.1. The van der Waals surface area contributed by atoms with Crippen molar-refractivity contribution in [1.82, 2.24) is 9.88 Å². The van der Waals surface area contributed by atoms with Gasteiger partial charge in [-0.2, -0.15) is 0 Å². The van der Waals surface area contributed by atoms with Gasteiger partial charge in [-0.05, 0) is 49.5 Å². The minimum Gasteiger partial charge on any atom is -0.399 e. The average molecular weight is 229 g/mol. The van der Waals surface area contributed by atoms with Gasteiger partial charge in [-0.25, -0.2) is 0 Å². The molecule has 1 aliphatic rings. The van der Waals surface area contributed by atoms with Gasteiger partial charge in [0.15, 0.2) is 0 Å². The SMILES string of the molecule is Nc1ccc2cc(CN3CCCCC3)[nH]c2c1. The zero-order valence-corrected chi connectivity index (χ0v) is 10.1. The second-order valence-electron chi connectivity index (χ2n) is 4.98. The number of piperidine rings is 1. The third-order valence-electron chi connectivity index (χ3n) is 3.54. The van der Waals surface area contributed by atoms with E-state index in [-0.39, 0.29) is 0 Å². The molecule has 1 fully saturated rings. The van der Waals surface area contributed by atoms with Crippen molar-refractivity contribution in [3.8, 4) is 0 Å². The number of aromatic nitrogens is 1. The van der Waals surface area contributed by atoms with Crippen molar-refractivity contribution < 1.29 is 0 Å². The molecule has 0 saturated carbocycles. The largest absolute Gasteiger partial charge is 0.399 e. The summed E-state index contributed by atoms with van der Waals surface area (Å²) in [5.74, 6) is 0. The van der Waals surface area contributed by atoms with Crippen LogP contribution in [0.4, 0.5) is 5.69 Å². The Bertz CT molecular complexity index is 509.